The molecule has 1 amide bonds. The highest BCUT2D eigenvalue weighted by Crippen LogP contribution is 2.20. The maximum atomic E-state index is 12.1. The molecular formula is C13H19N5OS. The third-order valence-electron chi connectivity index (χ3n) is 2.76. The van der Waals surface area contributed by atoms with Gasteiger partial charge in [0.15, 0.2) is 0 Å². The Balaban J connectivity index is 2.07. The number of amides is 1. The van der Waals surface area contributed by atoms with Crippen molar-refractivity contribution in [3.63, 3.8) is 0 Å². The fraction of sp³-hybridized carbons (Fsp3) is 0.538. The molecule has 6 nitrogen and oxygen atoms in total. The first-order valence-electron chi connectivity index (χ1n) is 6.43. The van der Waals surface area contributed by atoms with Crippen molar-refractivity contribution in [2.24, 2.45) is 0 Å². The average molecular weight is 293 g/mol. The van der Waals surface area contributed by atoms with Gasteiger partial charge in [-0.1, -0.05) is 20.8 Å². The second-order valence-electron chi connectivity index (χ2n) is 5.76. The second-order valence-corrected chi connectivity index (χ2v) is 7.03. The largest absolute Gasteiger partial charge is 0.340 e. The van der Waals surface area contributed by atoms with Gasteiger partial charge in [0.05, 0.1) is 6.04 Å². The Kier molecular flexibility index (Phi) is 3.89. The Morgan fingerprint density at radius 2 is 2.15 bits per heavy atom. The quantitative estimate of drug-likeness (QED) is 0.910. The predicted octanol–water partition coefficient (Wildman–Crippen LogP) is 2.36. The number of aryl methyl sites for hydroxylation is 1. The van der Waals surface area contributed by atoms with Crippen LogP contribution in [0.1, 0.15) is 60.1 Å². The zero-order valence-electron chi connectivity index (χ0n) is 12.3. The third kappa shape index (κ3) is 3.22. The molecule has 0 aromatic carbocycles. The van der Waals surface area contributed by atoms with Crippen molar-refractivity contribution in [2.75, 3.05) is 0 Å². The van der Waals surface area contributed by atoms with Crippen LogP contribution in [0.5, 0.6) is 0 Å². The number of carbonyl (C=O) groups is 1. The van der Waals surface area contributed by atoms with Gasteiger partial charge in [0.2, 0.25) is 5.82 Å². The van der Waals surface area contributed by atoms with Crippen molar-refractivity contribution in [1.82, 2.24) is 25.5 Å². The van der Waals surface area contributed by atoms with Crippen molar-refractivity contribution < 1.29 is 4.79 Å². The smallest absolute Gasteiger partial charge is 0.291 e. The molecule has 0 saturated carbocycles. The number of hydrogen-bond acceptors (Lipinski definition) is 5. The van der Waals surface area contributed by atoms with E-state index < -0.39 is 0 Å². The molecule has 108 valence electrons. The topological polar surface area (TPSA) is 83.6 Å². The highest BCUT2D eigenvalue weighted by atomic mass is 32.1. The summed E-state index contributed by atoms with van der Waals surface area (Å²) < 4.78 is 0. The monoisotopic (exact) mass is 293 g/mol. The van der Waals surface area contributed by atoms with E-state index in [2.05, 4.69) is 25.5 Å². The molecule has 0 radical (unpaired) electrons. The molecule has 2 heterocycles. The minimum atomic E-state index is -0.294. The Labute approximate surface area is 122 Å². The Morgan fingerprint density at radius 1 is 1.45 bits per heavy atom. The van der Waals surface area contributed by atoms with Gasteiger partial charge in [0, 0.05) is 16.5 Å². The van der Waals surface area contributed by atoms with Gasteiger partial charge in [-0.2, -0.15) is 0 Å². The first-order valence-corrected chi connectivity index (χ1v) is 7.25. The molecule has 0 saturated heterocycles. The number of rotatable bonds is 3. The van der Waals surface area contributed by atoms with Gasteiger partial charge >= 0.3 is 0 Å². The van der Waals surface area contributed by atoms with Crippen LogP contribution in [0.4, 0.5) is 0 Å². The molecule has 20 heavy (non-hydrogen) atoms. The SMILES string of the molecule is Cc1cnc(C(C)NC(=O)c2n[nH]c(C(C)(C)C)n2)s1. The number of nitrogens with one attached hydrogen (secondary N) is 2. The maximum absolute atomic E-state index is 12.1. The molecule has 2 aromatic heterocycles. The number of carbonyl (C=O) groups excluding carboxylic acids is 1. The van der Waals surface area contributed by atoms with Gasteiger partial charge in [0.25, 0.3) is 5.91 Å². The molecule has 2 N–H and O–H groups in total. The van der Waals surface area contributed by atoms with E-state index in [1.807, 2.05) is 34.6 Å². The highest BCUT2D eigenvalue weighted by molar-refractivity contribution is 7.11. The van der Waals surface area contributed by atoms with E-state index in [9.17, 15) is 4.79 Å². The number of aromatic amines is 1. The second kappa shape index (κ2) is 5.32. The van der Waals surface area contributed by atoms with Crippen LogP contribution in [0.3, 0.4) is 0 Å². The Bertz CT molecular complexity index is 610. The summed E-state index contributed by atoms with van der Waals surface area (Å²) in [7, 11) is 0. The van der Waals surface area contributed by atoms with E-state index in [1.165, 1.54) is 0 Å². The van der Waals surface area contributed by atoms with E-state index in [0.29, 0.717) is 5.82 Å². The van der Waals surface area contributed by atoms with Gasteiger partial charge in [-0.25, -0.2) is 9.97 Å². The number of thiazole rings is 1. The number of aromatic nitrogens is 4. The summed E-state index contributed by atoms with van der Waals surface area (Å²) in [5.74, 6) is 0.563. The van der Waals surface area contributed by atoms with Crippen LogP contribution in [0.15, 0.2) is 6.20 Å². The van der Waals surface area contributed by atoms with E-state index in [4.69, 9.17) is 0 Å². The normalized spacial score (nSPS) is 13.2. The molecule has 1 atom stereocenters. The first kappa shape index (κ1) is 14.6. The first-order chi connectivity index (χ1) is 9.27. The lowest BCUT2D eigenvalue weighted by molar-refractivity contribution is 0.0929. The summed E-state index contributed by atoms with van der Waals surface area (Å²) in [6.07, 6.45) is 1.80. The lowest BCUT2D eigenvalue weighted by Gasteiger charge is -2.13. The Hall–Kier alpha value is -1.76. The zero-order chi connectivity index (χ0) is 14.9. The summed E-state index contributed by atoms with van der Waals surface area (Å²) in [5, 5.41) is 10.5. The average Bonchev–Trinajstić information content (AvgIpc) is 2.95. The number of H-pyrrole nitrogens is 1. The lowest BCUT2D eigenvalue weighted by atomic mass is 9.96. The van der Waals surface area contributed by atoms with Gasteiger partial charge in [-0.05, 0) is 13.8 Å². The molecule has 0 spiro atoms. The highest BCUT2D eigenvalue weighted by Gasteiger charge is 2.22. The van der Waals surface area contributed by atoms with Crippen LogP contribution in [0, 0.1) is 6.92 Å². The van der Waals surface area contributed by atoms with Crippen LogP contribution in [-0.4, -0.2) is 26.1 Å². The third-order valence-corrected chi connectivity index (χ3v) is 3.85. The van der Waals surface area contributed by atoms with Crippen molar-refractivity contribution in [2.45, 2.75) is 46.1 Å². The van der Waals surface area contributed by atoms with E-state index in [0.717, 1.165) is 9.88 Å². The molecule has 0 fully saturated rings. The fourth-order valence-corrected chi connectivity index (χ4v) is 2.37. The molecule has 0 aliphatic rings. The van der Waals surface area contributed by atoms with E-state index in [1.54, 1.807) is 17.5 Å². The molecule has 1 unspecified atom stereocenters. The molecule has 0 aliphatic carbocycles. The number of hydrogen-bond donors (Lipinski definition) is 2. The maximum Gasteiger partial charge on any atom is 0.291 e. The fourth-order valence-electron chi connectivity index (χ4n) is 1.59. The summed E-state index contributed by atoms with van der Waals surface area (Å²) in [5.41, 5.74) is -0.163. The minimum Gasteiger partial charge on any atom is -0.340 e. The Morgan fingerprint density at radius 3 is 2.65 bits per heavy atom. The number of nitrogens with zero attached hydrogens (tertiary/aromatic N) is 3. The molecule has 0 bridgehead atoms. The lowest BCUT2D eigenvalue weighted by Crippen LogP contribution is -2.27. The van der Waals surface area contributed by atoms with Crippen molar-refractivity contribution in [3.8, 4) is 0 Å². The molecule has 7 heteroatoms. The van der Waals surface area contributed by atoms with E-state index >= 15 is 0 Å². The van der Waals surface area contributed by atoms with Gasteiger partial charge in [0.1, 0.15) is 10.8 Å². The molecule has 0 aliphatic heterocycles. The molecular weight excluding hydrogens is 274 g/mol. The van der Waals surface area contributed by atoms with Crippen molar-refractivity contribution in [1.29, 1.82) is 0 Å². The molecule has 2 rings (SSSR count). The minimum absolute atomic E-state index is 0.155. The van der Waals surface area contributed by atoms with Gasteiger partial charge < -0.3 is 5.32 Å². The summed E-state index contributed by atoms with van der Waals surface area (Å²) in [6, 6.07) is -0.155. The molecule has 2 aromatic rings. The van der Waals surface area contributed by atoms with Gasteiger partial charge in [-0.15, -0.1) is 16.4 Å². The van der Waals surface area contributed by atoms with Crippen LogP contribution < -0.4 is 5.32 Å². The summed E-state index contributed by atoms with van der Waals surface area (Å²) in [6.45, 7) is 9.91. The van der Waals surface area contributed by atoms with Crippen LogP contribution >= 0.6 is 11.3 Å². The van der Waals surface area contributed by atoms with Crippen molar-refractivity contribution in [3.05, 3.63) is 27.7 Å². The van der Waals surface area contributed by atoms with Crippen LogP contribution in [0.2, 0.25) is 0 Å². The summed E-state index contributed by atoms with van der Waals surface area (Å²) in [4.78, 5) is 21.7. The van der Waals surface area contributed by atoms with Crippen LogP contribution in [-0.2, 0) is 5.41 Å². The standard InChI is InChI=1S/C13H19N5OS/c1-7-6-14-11(20-7)8(2)15-10(19)9-16-12(18-17-9)13(3,4)5/h6,8H,1-5H3,(H,15,19)(H,16,17,18). The van der Waals surface area contributed by atoms with E-state index in [-0.39, 0.29) is 23.2 Å². The van der Waals surface area contributed by atoms with Gasteiger partial charge in [-0.3, -0.25) is 9.89 Å². The summed E-state index contributed by atoms with van der Waals surface area (Å²) >= 11 is 1.57. The van der Waals surface area contributed by atoms with Crippen LogP contribution in [0.25, 0.3) is 0 Å². The predicted molar refractivity (Wildman–Crippen MR) is 77.8 cm³/mol. The van der Waals surface area contributed by atoms with Crippen molar-refractivity contribution >= 4 is 17.2 Å². The zero-order valence-corrected chi connectivity index (χ0v) is 13.1.